The molecule has 1 amide bonds. The maximum Gasteiger partial charge on any atom is 0.259 e. The van der Waals surface area contributed by atoms with Gasteiger partial charge in [-0.25, -0.2) is 0 Å². The maximum absolute atomic E-state index is 12.5. The summed E-state index contributed by atoms with van der Waals surface area (Å²) in [6, 6.07) is 7.90. The number of rotatable bonds is 0. The number of amides is 1. The fourth-order valence-electron chi connectivity index (χ4n) is 2.87. The number of benzene rings is 1. The van der Waals surface area contributed by atoms with Crippen molar-refractivity contribution < 1.29 is 4.79 Å². The van der Waals surface area contributed by atoms with E-state index in [-0.39, 0.29) is 11.4 Å². The number of carbonyl (C=O) groups excluding carboxylic acids is 1. The van der Waals surface area contributed by atoms with Crippen LogP contribution in [0.5, 0.6) is 0 Å². The van der Waals surface area contributed by atoms with Crippen molar-refractivity contribution >= 4 is 5.91 Å². The van der Waals surface area contributed by atoms with E-state index in [4.69, 9.17) is 0 Å². The molecule has 2 nitrogen and oxygen atoms in total. The van der Waals surface area contributed by atoms with Crippen molar-refractivity contribution in [3.63, 3.8) is 0 Å². The van der Waals surface area contributed by atoms with Gasteiger partial charge in [0.05, 0.1) is 5.54 Å². The third kappa shape index (κ3) is 1.37. The van der Waals surface area contributed by atoms with Gasteiger partial charge < -0.3 is 4.90 Å². The molecule has 0 fully saturated rings. The molecule has 1 aromatic rings. The highest BCUT2D eigenvalue weighted by molar-refractivity contribution is 5.99. The van der Waals surface area contributed by atoms with Gasteiger partial charge in [-0.3, -0.25) is 4.79 Å². The second-order valence-electron chi connectivity index (χ2n) is 5.00. The maximum atomic E-state index is 12.5. The topological polar surface area (TPSA) is 20.3 Å². The van der Waals surface area contributed by atoms with Gasteiger partial charge in [-0.15, -0.1) is 0 Å². The van der Waals surface area contributed by atoms with Crippen LogP contribution in [-0.2, 0) is 6.42 Å². The lowest BCUT2D eigenvalue weighted by molar-refractivity contribution is 0.0653. The Balaban J connectivity index is 2.19. The molecular formula is C15H15NO. The molecule has 0 radical (unpaired) electrons. The SMILES string of the molecule is CC1=CC=C[C@@]2(C)Cc3ccccc3C(=O)N12. The molecular weight excluding hydrogens is 210 g/mol. The molecule has 0 bridgehead atoms. The Bertz CT molecular complexity index is 556. The fourth-order valence-corrected chi connectivity index (χ4v) is 2.87. The third-order valence-electron chi connectivity index (χ3n) is 3.66. The zero-order valence-corrected chi connectivity index (χ0v) is 10.1. The Kier molecular flexibility index (Phi) is 2.02. The van der Waals surface area contributed by atoms with E-state index in [1.807, 2.05) is 42.2 Å². The van der Waals surface area contributed by atoms with E-state index in [1.165, 1.54) is 0 Å². The van der Waals surface area contributed by atoms with Crippen LogP contribution in [0.25, 0.3) is 0 Å². The molecule has 2 aliphatic rings. The molecule has 0 saturated heterocycles. The number of fused-ring (bicyclic) bond motifs is 2. The first-order chi connectivity index (χ1) is 8.12. The predicted octanol–water partition coefficient (Wildman–Crippen LogP) is 2.92. The van der Waals surface area contributed by atoms with Crippen molar-refractivity contribution in [2.45, 2.75) is 25.8 Å². The summed E-state index contributed by atoms with van der Waals surface area (Å²) in [6.07, 6.45) is 7.05. The smallest absolute Gasteiger partial charge is 0.259 e. The van der Waals surface area contributed by atoms with E-state index >= 15 is 0 Å². The van der Waals surface area contributed by atoms with Crippen LogP contribution >= 0.6 is 0 Å². The summed E-state index contributed by atoms with van der Waals surface area (Å²) >= 11 is 0. The summed E-state index contributed by atoms with van der Waals surface area (Å²) in [7, 11) is 0. The summed E-state index contributed by atoms with van der Waals surface area (Å²) in [4.78, 5) is 14.4. The second-order valence-corrected chi connectivity index (χ2v) is 5.00. The van der Waals surface area contributed by atoms with Crippen molar-refractivity contribution in [1.29, 1.82) is 0 Å². The number of allylic oxidation sites excluding steroid dienone is 3. The van der Waals surface area contributed by atoms with Crippen molar-refractivity contribution in [2.24, 2.45) is 0 Å². The second kappa shape index (κ2) is 3.33. The molecule has 17 heavy (non-hydrogen) atoms. The van der Waals surface area contributed by atoms with Gasteiger partial charge in [-0.2, -0.15) is 0 Å². The van der Waals surface area contributed by atoms with Gasteiger partial charge in [0.15, 0.2) is 0 Å². The average molecular weight is 225 g/mol. The van der Waals surface area contributed by atoms with Gasteiger partial charge in [0.2, 0.25) is 0 Å². The molecule has 86 valence electrons. The van der Waals surface area contributed by atoms with E-state index in [2.05, 4.69) is 19.1 Å². The van der Waals surface area contributed by atoms with Crippen LogP contribution < -0.4 is 0 Å². The first kappa shape index (κ1) is 10.3. The van der Waals surface area contributed by atoms with Gasteiger partial charge in [-0.05, 0) is 31.6 Å². The molecule has 2 heterocycles. The normalized spacial score (nSPS) is 26.4. The molecule has 0 saturated carbocycles. The number of hydrogen-bond donors (Lipinski definition) is 0. The molecule has 0 spiro atoms. The quantitative estimate of drug-likeness (QED) is 0.664. The molecule has 3 rings (SSSR count). The lowest BCUT2D eigenvalue weighted by atomic mass is 9.81. The van der Waals surface area contributed by atoms with Crippen LogP contribution in [0.4, 0.5) is 0 Å². The van der Waals surface area contributed by atoms with Gasteiger partial charge >= 0.3 is 0 Å². The summed E-state index contributed by atoms with van der Waals surface area (Å²) in [5.74, 6) is 0.118. The first-order valence-corrected chi connectivity index (χ1v) is 5.90. The summed E-state index contributed by atoms with van der Waals surface area (Å²) < 4.78 is 0. The van der Waals surface area contributed by atoms with Crippen molar-refractivity contribution in [3.8, 4) is 0 Å². The van der Waals surface area contributed by atoms with Crippen molar-refractivity contribution in [1.82, 2.24) is 4.90 Å². The van der Waals surface area contributed by atoms with Crippen LogP contribution in [-0.4, -0.2) is 16.3 Å². The van der Waals surface area contributed by atoms with E-state index in [0.29, 0.717) is 0 Å². The molecule has 1 atom stereocenters. The number of hydrogen-bond acceptors (Lipinski definition) is 1. The number of carbonyl (C=O) groups is 1. The Hall–Kier alpha value is -1.83. The average Bonchev–Trinajstić information content (AvgIpc) is 2.28. The molecule has 2 aliphatic heterocycles. The van der Waals surface area contributed by atoms with Gasteiger partial charge in [0.1, 0.15) is 0 Å². The van der Waals surface area contributed by atoms with E-state index in [9.17, 15) is 4.79 Å². The zero-order valence-electron chi connectivity index (χ0n) is 10.1. The van der Waals surface area contributed by atoms with E-state index in [1.54, 1.807) is 0 Å². The molecule has 1 aromatic carbocycles. The van der Waals surface area contributed by atoms with Crippen LogP contribution in [0.2, 0.25) is 0 Å². The van der Waals surface area contributed by atoms with Gasteiger partial charge in [0.25, 0.3) is 5.91 Å². The fraction of sp³-hybridized carbons (Fsp3) is 0.267. The van der Waals surface area contributed by atoms with Crippen LogP contribution in [0.15, 0.2) is 48.2 Å². The zero-order chi connectivity index (χ0) is 12.0. The van der Waals surface area contributed by atoms with Crippen LogP contribution in [0.1, 0.15) is 29.8 Å². The minimum atomic E-state index is -0.204. The van der Waals surface area contributed by atoms with Crippen LogP contribution in [0, 0.1) is 0 Å². The van der Waals surface area contributed by atoms with Crippen LogP contribution in [0.3, 0.4) is 0 Å². The molecule has 0 N–H and O–H groups in total. The summed E-state index contributed by atoms with van der Waals surface area (Å²) in [5.41, 5.74) is 2.81. The lowest BCUT2D eigenvalue weighted by Crippen LogP contribution is -2.53. The highest BCUT2D eigenvalue weighted by Gasteiger charge is 2.41. The number of nitrogens with zero attached hydrogens (tertiary/aromatic N) is 1. The molecule has 0 unspecified atom stereocenters. The lowest BCUT2D eigenvalue weighted by Gasteiger charge is -2.45. The largest absolute Gasteiger partial charge is 0.303 e. The van der Waals surface area contributed by atoms with Gasteiger partial charge in [0, 0.05) is 17.7 Å². The van der Waals surface area contributed by atoms with E-state index < -0.39 is 0 Å². The minimum absolute atomic E-state index is 0.118. The summed E-state index contributed by atoms with van der Waals surface area (Å²) in [6.45, 7) is 4.11. The van der Waals surface area contributed by atoms with Crippen molar-refractivity contribution in [2.75, 3.05) is 0 Å². The predicted molar refractivity (Wildman–Crippen MR) is 67.6 cm³/mol. The Labute approximate surface area is 101 Å². The minimum Gasteiger partial charge on any atom is -0.303 e. The van der Waals surface area contributed by atoms with E-state index in [0.717, 1.165) is 23.2 Å². The Morgan fingerprint density at radius 3 is 2.88 bits per heavy atom. The molecule has 0 aliphatic carbocycles. The van der Waals surface area contributed by atoms with Crippen molar-refractivity contribution in [3.05, 3.63) is 59.3 Å². The summed E-state index contributed by atoms with van der Waals surface area (Å²) in [5, 5.41) is 0. The van der Waals surface area contributed by atoms with Gasteiger partial charge in [-0.1, -0.05) is 30.4 Å². The Morgan fingerprint density at radius 1 is 1.29 bits per heavy atom. The monoisotopic (exact) mass is 225 g/mol. The first-order valence-electron chi connectivity index (χ1n) is 5.90. The standard InChI is InChI=1S/C15H15NO/c1-11-6-5-9-15(2)10-12-7-3-4-8-13(12)14(17)16(11)15/h3-9H,10H2,1-2H3/t15-/m0/s1. The molecule has 0 aromatic heterocycles. The highest BCUT2D eigenvalue weighted by Crippen LogP contribution is 2.36. The highest BCUT2D eigenvalue weighted by atomic mass is 16.2. The Morgan fingerprint density at radius 2 is 2.06 bits per heavy atom. The molecule has 2 heteroatoms. The third-order valence-corrected chi connectivity index (χ3v) is 3.66.